The van der Waals surface area contributed by atoms with Gasteiger partial charge in [0.25, 0.3) is 5.69 Å². The van der Waals surface area contributed by atoms with Crippen LogP contribution in [-0.4, -0.2) is 35.6 Å². The van der Waals surface area contributed by atoms with Crippen molar-refractivity contribution in [2.45, 2.75) is 6.61 Å². The highest BCUT2D eigenvalue weighted by Crippen LogP contribution is 2.25. The number of nitro groups is 1. The third kappa shape index (κ3) is 2.40. The fourth-order valence-corrected chi connectivity index (χ4v) is 1.93. The first-order valence-electron chi connectivity index (χ1n) is 5.51. The molecule has 0 aliphatic carbocycles. The summed E-state index contributed by atoms with van der Waals surface area (Å²) in [6, 6.07) is 4.50. The summed E-state index contributed by atoms with van der Waals surface area (Å²) < 4.78 is 0. The molecule has 1 saturated heterocycles. The van der Waals surface area contributed by atoms with E-state index in [2.05, 4.69) is 5.32 Å². The van der Waals surface area contributed by atoms with E-state index >= 15 is 0 Å². The topological polar surface area (TPSA) is 95.7 Å². The molecule has 0 atom stereocenters. The van der Waals surface area contributed by atoms with E-state index in [1.165, 1.54) is 6.07 Å². The Morgan fingerprint density at radius 2 is 2.28 bits per heavy atom. The molecule has 96 valence electrons. The van der Waals surface area contributed by atoms with Gasteiger partial charge in [-0.25, -0.2) is 0 Å². The average Bonchev–Trinajstić information content (AvgIpc) is 2.37. The van der Waals surface area contributed by atoms with E-state index < -0.39 is 11.5 Å². The van der Waals surface area contributed by atoms with Crippen molar-refractivity contribution in [2.75, 3.05) is 24.5 Å². The largest absolute Gasteiger partial charge is 0.391 e. The molecule has 1 amide bonds. The minimum absolute atomic E-state index is 0.0786. The summed E-state index contributed by atoms with van der Waals surface area (Å²) in [6.45, 7) is 1.02. The number of hydrogen-bond acceptors (Lipinski definition) is 5. The molecule has 2 rings (SSSR count). The van der Waals surface area contributed by atoms with E-state index in [1.807, 2.05) is 4.90 Å². The van der Waals surface area contributed by atoms with Crippen LogP contribution in [0.3, 0.4) is 0 Å². The second-order valence-electron chi connectivity index (χ2n) is 4.00. The number of aliphatic hydroxyl groups is 1. The van der Waals surface area contributed by atoms with Crippen molar-refractivity contribution < 1.29 is 14.8 Å². The number of carbonyl (C=O) groups excluding carboxylic acids is 1. The molecule has 1 aliphatic heterocycles. The van der Waals surface area contributed by atoms with Gasteiger partial charge in [0.1, 0.15) is 0 Å². The molecule has 18 heavy (non-hydrogen) atoms. The van der Waals surface area contributed by atoms with Crippen LogP contribution in [0.4, 0.5) is 11.4 Å². The van der Waals surface area contributed by atoms with Gasteiger partial charge in [0, 0.05) is 24.8 Å². The van der Waals surface area contributed by atoms with Gasteiger partial charge in [0.2, 0.25) is 5.91 Å². The van der Waals surface area contributed by atoms with E-state index in [0.29, 0.717) is 18.8 Å². The summed E-state index contributed by atoms with van der Waals surface area (Å²) in [7, 11) is 0. The van der Waals surface area contributed by atoms with Crippen molar-refractivity contribution in [2.24, 2.45) is 0 Å². The van der Waals surface area contributed by atoms with E-state index in [4.69, 9.17) is 5.11 Å². The highest BCUT2D eigenvalue weighted by Gasteiger charge is 2.19. The average molecular weight is 251 g/mol. The van der Waals surface area contributed by atoms with Crippen molar-refractivity contribution in [3.8, 4) is 0 Å². The van der Waals surface area contributed by atoms with Crippen molar-refractivity contribution in [3.63, 3.8) is 0 Å². The van der Waals surface area contributed by atoms with E-state index in [9.17, 15) is 14.9 Å². The van der Waals surface area contributed by atoms with E-state index in [1.54, 1.807) is 12.1 Å². The number of hydrogen-bond donors (Lipinski definition) is 2. The van der Waals surface area contributed by atoms with Crippen LogP contribution in [0.2, 0.25) is 0 Å². The normalized spacial score (nSPS) is 15.4. The first-order chi connectivity index (χ1) is 8.61. The van der Waals surface area contributed by atoms with Crippen molar-refractivity contribution in [3.05, 3.63) is 33.9 Å². The molecular formula is C11H13N3O4. The summed E-state index contributed by atoms with van der Waals surface area (Å²) >= 11 is 0. The third-order valence-corrected chi connectivity index (χ3v) is 2.83. The van der Waals surface area contributed by atoms with E-state index in [-0.39, 0.29) is 23.7 Å². The zero-order chi connectivity index (χ0) is 13.1. The van der Waals surface area contributed by atoms with Crippen LogP contribution in [-0.2, 0) is 11.4 Å². The summed E-state index contributed by atoms with van der Waals surface area (Å²) in [5.41, 5.74) is 0.852. The molecule has 0 aromatic heterocycles. The quantitative estimate of drug-likeness (QED) is 0.583. The van der Waals surface area contributed by atoms with Gasteiger partial charge in [-0.1, -0.05) is 0 Å². The molecule has 7 heteroatoms. The lowest BCUT2D eigenvalue weighted by molar-refractivity contribution is -0.385. The SMILES string of the molecule is O=C1CN(c2ccc([N+](=O)[O-])c(CO)c2)CCN1. The summed E-state index contributed by atoms with van der Waals surface area (Å²) in [6.07, 6.45) is 0. The Hall–Kier alpha value is -2.15. The van der Waals surface area contributed by atoms with Crippen LogP contribution in [0.25, 0.3) is 0 Å². The molecular weight excluding hydrogens is 238 g/mol. The Labute approximate surface area is 103 Å². The van der Waals surface area contributed by atoms with Gasteiger partial charge in [-0.15, -0.1) is 0 Å². The summed E-state index contributed by atoms with van der Waals surface area (Å²) in [5.74, 6) is -0.0786. The van der Waals surface area contributed by atoms with Crippen LogP contribution in [0.1, 0.15) is 5.56 Å². The van der Waals surface area contributed by atoms with Crippen molar-refractivity contribution in [1.29, 1.82) is 0 Å². The number of nitrogens with one attached hydrogen (secondary N) is 1. The zero-order valence-corrected chi connectivity index (χ0v) is 9.63. The molecule has 7 nitrogen and oxygen atoms in total. The number of piperazine rings is 1. The smallest absolute Gasteiger partial charge is 0.275 e. The molecule has 0 bridgehead atoms. The standard InChI is InChI=1S/C11H13N3O4/c15-7-8-5-9(1-2-10(8)14(17)18)13-4-3-12-11(16)6-13/h1-2,5,15H,3-4,6-7H2,(H,12,16). The van der Waals surface area contributed by atoms with Gasteiger partial charge in [0.05, 0.1) is 23.6 Å². The predicted octanol–water partition coefficient (Wildman–Crippen LogP) is 0.0233. The summed E-state index contributed by atoms with van der Waals surface area (Å²) in [5, 5.41) is 22.6. The minimum atomic E-state index is -0.530. The molecule has 1 fully saturated rings. The zero-order valence-electron chi connectivity index (χ0n) is 9.63. The molecule has 0 unspecified atom stereocenters. The maximum absolute atomic E-state index is 11.3. The molecule has 1 aliphatic rings. The molecule has 0 radical (unpaired) electrons. The van der Waals surface area contributed by atoms with Crippen molar-refractivity contribution >= 4 is 17.3 Å². The first kappa shape index (κ1) is 12.3. The summed E-state index contributed by atoms with van der Waals surface area (Å²) in [4.78, 5) is 23.3. The molecule has 0 spiro atoms. The molecule has 1 aromatic carbocycles. The number of aliphatic hydroxyl groups excluding tert-OH is 1. The molecule has 0 saturated carbocycles. The number of benzene rings is 1. The Bertz CT molecular complexity index is 489. The predicted molar refractivity (Wildman–Crippen MR) is 64.2 cm³/mol. The van der Waals surface area contributed by atoms with Gasteiger partial charge < -0.3 is 15.3 Å². The molecule has 2 N–H and O–H groups in total. The molecule has 1 heterocycles. The second kappa shape index (κ2) is 5.01. The first-order valence-corrected chi connectivity index (χ1v) is 5.51. The van der Waals surface area contributed by atoms with Crippen LogP contribution in [0, 0.1) is 10.1 Å². The van der Waals surface area contributed by atoms with E-state index in [0.717, 1.165) is 0 Å². The monoisotopic (exact) mass is 251 g/mol. The number of anilines is 1. The van der Waals surface area contributed by atoms with Crippen LogP contribution in [0.15, 0.2) is 18.2 Å². The van der Waals surface area contributed by atoms with Crippen LogP contribution < -0.4 is 10.2 Å². The maximum atomic E-state index is 11.3. The van der Waals surface area contributed by atoms with Crippen LogP contribution in [0.5, 0.6) is 0 Å². The number of carbonyl (C=O) groups is 1. The third-order valence-electron chi connectivity index (χ3n) is 2.83. The maximum Gasteiger partial charge on any atom is 0.275 e. The lowest BCUT2D eigenvalue weighted by Gasteiger charge is -2.28. The Balaban J connectivity index is 2.29. The van der Waals surface area contributed by atoms with Gasteiger partial charge in [-0.3, -0.25) is 14.9 Å². The minimum Gasteiger partial charge on any atom is -0.391 e. The fraction of sp³-hybridized carbons (Fsp3) is 0.364. The fourth-order valence-electron chi connectivity index (χ4n) is 1.93. The Morgan fingerprint density at radius 3 is 2.89 bits per heavy atom. The second-order valence-corrected chi connectivity index (χ2v) is 4.00. The van der Waals surface area contributed by atoms with Gasteiger partial charge in [-0.05, 0) is 12.1 Å². The van der Waals surface area contributed by atoms with Gasteiger partial charge >= 0.3 is 0 Å². The number of rotatable bonds is 3. The molecule has 1 aromatic rings. The Kier molecular flexibility index (Phi) is 3.42. The Morgan fingerprint density at radius 1 is 1.50 bits per heavy atom. The number of nitrogens with zero attached hydrogens (tertiary/aromatic N) is 2. The highest BCUT2D eigenvalue weighted by atomic mass is 16.6. The number of amides is 1. The lowest BCUT2D eigenvalue weighted by atomic mass is 10.1. The van der Waals surface area contributed by atoms with Gasteiger partial charge in [0.15, 0.2) is 0 Å². The van der Waals surface area contributed by atoms with Crippen molar-refractivity contribution in [1.82, 2.24) is 5.32 Å². The van der Waals surface area contributed by atoms with Crippen LogP contribution >= 0.6 is 0 Å². The highest BCUT2D eigenvalue weighted by molar-refractivity contribution is 5.82. The van der Waals surface area contributed by atoms with Gasteiger partial charge in [-0.2, -0.15) is 0 Å². The lowest BCUT2D eigenvalue weighted by Crippen LogP contribution is -2.47. The number of nitro benzene ring substituents is 1.